The summed E-state index contributed by atoms with van der Waals surface area (Å²) < 4.78 is 38.6. The van der Waals surface area contributed by atoms with Crippen molar-refractivity contribution in [1.82, 2.24) is 0 Å². The number of hydrogen-bond acceptors (Lipinski definition) is 11. The Morgan fingerprint density at radius 2 is 1.48 bits per heavy atom. The van der Waals surface area contributed by atoms with Crippen LogP contribution in [0.2, 0.25) is 0 Å². The van der Waals surface area contributed by atoms with Gasteiger partial charge in [-0.3, -0.25) is 28.6 Å². The molecule has 5 rings (SSSR count). The van der Waals surface area contributed by atoms with Gasteiger partial charge in [0.05, 0.1) is 45.4 Å². The number of quaternary nitrogens is 1. The number of nitrogens with zero attached hydrogens (tertiary/aromatic N) is 1. The number of carboxylic acids is 2. The lowest BCUT2D eigenvalue weighted by atomic mass is 9.79. The van der Waals surface area contributed by atoms with Crippen LogP contribution in [0, 0.1) is 0 Å². The van der Waals surface area contributed by atoms with E-state index in [1.54, 1.807) is 18.2 Å². The minimum absolute atomic E-state index is 0.0291. The Bertz CT molecular complexity index is 2180. The first-order chi connectivity index (χ1) is 25.4. The van der Waals surface area contributed by atoms with Crippen LogP contribution >= 0.6 is 12.0 Å². The highest BCUT2D eigenvalue weighted by Crippen LogP contribution is 2.47. The number of benzene rings is 2. The zero-order valence-electron chi connectivity index (χ0n) is 30.7. The van der Waals surface area contributed by atoms with Crippen LogP contribution in [0.4, 0.5) is 11.4 Å². The predicted octanol–water partition coefficient (Wildman–Crippen LogP) is 2.85. The summed E-state index contributed by atoms with van der Waals surface area (Å²) in [6.07, 6.45) is 7.16. The molecule has 14 nitrogen and oxygen atoms in total. The summed E-state index contributed by atoms with van der Waals surface area (Å²) in [6.45, 7) is 8.91. The number of aliphatic carboxylic acids is 2. The van der Waals surface area contributed by atoms with Crippen molar-refractivity contribution < 1.29 is 52.3 Å². The Labute approximate surface area is 317 Å². The highest BCUT2D eigenvalue weighted by molar-refractivity contribution is 7.94. The molecule has 3 atom stereocenters. The van der Waals surface area contributed by atoms with Crippen LogP contribution in [0.3, 0.4) is 0 Å². The second-order valence-corrected chi connectivity index (χ2v) is 17.3. The Kier molecular flexibility index (Phi) is 12.6. The summed E-state index contributed by atoms with van der Waals surface area (Å²) in [4.78, 5) is 53.4. The molecule has 3 aromatic carbocycles. The number of fused-ring (bicyclic) bond motifs is 2. The lowest BCUT2D eigenvalue weighted by molar-refractivity contribution is -0.847. The Hall–Kier alpha value is -3.90. The van der Waals surface area contributed by atoms with E-state index in [4.69, 9.17) is 15.5 Å². The van der Waals surface area contributed by atoms with E-state index in [9.17, 15) is 32.1 Å². The molecule has 0 saturated heterocycles. The van der Waals surface area contributed by atoms with Crippen molar-refractivity contribution in [3.63, 3.8) is 0 Å². The van der Waals surface area contributed by atoms with Crippen molar-refractivity contribution in [2.45, 2.75) is 112 Å². The van der Waals surface area contributed by atoms with Gasteiger partial charge in [0.15, 0.2) is 0 Å². The summed E-state index contributed by atoms with van der Waals surface area (Å²) in [5.74, 6) is -1.74. The fourth-order valence-corrected chi connectivity index (χ4v) is 8.98. The fourth-order valence-electron chi connectivity index (χ4n) is 8.08. The quantitative estimate of drug-likeness (QED) is 0.0413. The van der Waals surface area contributed by atoms with Gasteiger partial charge in [-0.15, -0.1) is 4.33 Å². The first-order valence-electron chi connectivity index (χ1n) is 17.9. The number of nitrogens with one attached hydrogen (secondary N) is 1. The molecule has 0 fully saturated rings. The predicted molar refractivity (Wildman–Crippen MR) is 202 cm³/mol. The molecule has 0 aliphatic carbocycles. The van der Waals surface area contributed by atoms with E-state index in [0.717, 1.165) is 28.2 Å². The van der Waals surface area contributed by atoms with Gasteiger partial charge in [0.1, 0.15) is 11.7 Å². The molecule has 5 N–H and O–H groups in total. The van der Waals surface area contributed by atoms with Crippen LogP contribution in [0.25, 0.3) is 12.2 Å². The molecule has 2 aliphatic heterocycles. The average molecular weight is 788 g/mol. The molecular formula is C38H47N2O12S2+. The van der Waals surface area contributed by atoms with E-state index in [1.165, 1.54) is 12.1 Å². The van der Waals surface area contributed by atoms with Crippen molar-refractivity contribution in [1.29, 1.82) is 0 Å². The van der Waals surface area contributed by atoms with Crippen molar-refractivity contribution in [3.8, 4) is 0 Å². The number of carbonyl (C=O) groups is 2. The third-order valence-corrected chi connectivity index (χ3v) is 12.4. The number of rotatable bonds is 18. The van der Waals surface area contributed by atoms with Gasteiger partial charge in [-0.2, -0.15) is 8.42 Å². The maximum absolute atomic E-state index is 13.9. The molecule has 3 aromatic rings. The van der Waals surface area contributed by atoms with Gasteiger partial charge in [0, 0.05) is 47.0 Å². The van der Waals surface area contributed by atoms with E-state index in [2.05, 4.69) is 9.37 Å². The van der Waals surface area contributed by atoms with E-state index >= 15 is 0 Å². The SMILES string of the molecule is CC1(C)c2cc(S(=O)(=O)O)ccc2N(CCCCCC(=O)O)C1C=c1c(=O)c(=CC2[NH+](CCCCCC(=O)O)c3ccc(SOOO)cc3C2(C)C)c1=O. The van der Waals surface area contributed by atoms with Crippen molar-refractivity contribution in [2.75, 3.05) is 18.0 Å². The molecular weight excluding hydrogens is 741 g/mol. The van der Waals surface area contributed by atoms with Gasteiger partial charge in [-0.05, 0) is 94.0 Å². The molecule has 0 aromatic heterocycles. The second-order valence-electron chi connectivity index (χ2n) is 15.1. The zero-order valence-corrected chi connectivity index (χ0v) is 32.3. The van der Waals surface area contributed by atoms with Crippen LogP contribution in [-0.4, -0.2) is 65.6 Å². The molecule has 0 spiro atoms. The first kappa shape index (κ1) is 41.3. The average Bonchev–Trinajstić information content (AvgIpc) is 3.44. The van der Waals surface area contributed by atoms with Gasteiger partial charge in [-0.25, -0.2) is 5.26 Å². The van der Waals surface area contributed by atoms with Crippen LogP contribution in [0.15, 0.2) is 55.8 Å². The van der Waals surface area contributed by atoms with Crippen molar-refractivity contribution in [3.05, 3.63) is 78.4 Å². The zero-order chi connectivity index (χ0) is 39.6. The maximum atomic E-state index is 13.9. The third-order valence-electron chi connectivity index (χ3n) is 11.0. The van der Waals surface area contributed by atoms with Crippen LogP contribution in [0.5, 0.6) is 0 Å². The smallest absolute Gasteiger partial charge is 0.303 e. The van der Waals surface area contributed by atoms with Gasteiger partial charge in [-0.1, -0.05) is 25.3 Å². The van der Waals surface area contributed by atoms with Crippen LogP contribution in [-0.2, 0) is 39.9 Å². The molecule has 2 heterocycles. The normalized spacial score (nSPS) is 19.8. The van der Waals surface area contributed by atoms with Crippen LogP contribution in [0.1, 0.15) is 90.2 Å². The van der Waals surface area contributed by atoms with Gasteiger partial charge in [0.25, 0.3) is 10.1 Å². The Morgan fingerprint density at radius 3 is 2.09 bits per heavy atom. The highest BCUT2D eigenvalue weighted by Gasteiger charge is 2.49. The second kappa shape index (κ2) is 16.5. The van der Waals surface area contributed by atoms with Gasteiger partial charge in [0.2, 0.25) is 10.9 Å². The van der Waals surface area contributed by atoms with E-state index in [-0.39, 0.29) is 34.2 Å². The van der Waals surface area contributed by atoms with Gasteiger partial charge < -0.3 is 15.1 Å². The molecule has 0 amide bonds. The van der Waals surface area contributed by atoms with Crippen molar-refractivity contribution in [2.24, 2.45) is 0 Å². The topological polar surface area (TPSA) is 209 Å². The molecule has 0 radical (unpaired) electrons. The van der Waals surface area contributed by atoms with E-state index < -0.39 is 49.8 Å². The maximum Gasteiger partial charge on any atom is 0.303 e. The minimum Gasteiger partial charge on any atom is -0.481 e. The monoisotopic (exact) mass is 787 g/mol. The number of unbranched alkanes of at least 4 members (excludes halogenated alkanes) is 4. The van der Waals surface area contributed by atoms with Crippen LogP contribution < -0.4 is 31.1 Å². The van der Waals surface area contributed by atoms with E-state index in [1.807, 2.05) is 50.8 Å². The Morgan fingerprint density at radius 1 is 0.852 bits per heavy atom. The minimum atomic E-state index is -4.50. The third kappa shape index (κ3) is 8.49. The van der Waals surface area contributed by atoms with Crippen molar-refractivity contribution >= 4 is 57.6 Å². The lowest BCUT2D eigenvalue weighted by Crippen LogP contribution is -3.10. The molecule has 0 bridgehead atoms. The lowest BCUT2D eigenvalue weighted by Gasteiger charge is -2.32. The largest absolute Gasteiger partial charge is 0.481 e. The first-order valence-corrected chi connectivity index (χ1v) is 20.1. The molecule has 54 heavy (non-hydrogen) atoms. The fraction of sp³-hybridized carbons (Fsp3) is 0.474. The molecule has 0 saturated carbocycles. The molecule has 16 heteroatoms. The van der Waals surface area contributed by atoms with Gasteiger partial charge >= 0.3 is 11.9 Å². The number of anilines is 1. The summed E-state index contributed by atoms with van der Waals surface area (Å²) >= 11 is 0.830. The standard InChI is InChI=1S/C38H46N2O12S2/c1-37(2)27-19-23(53-52-51-47)13-15-29(27)39(17-9-5-7-11-33(41)42)31(37)21-25-35(45)26(36(25)46)22-32-38(3,4)28-20-24(54(48,49)50)14-16-30(28)40(32)18-10-6-8-12-34(43)44/h13-16,19-22,31-32,47H,5-12,17-18H2,1-4H3,(H,41,42)(H,43,44)(H,48,49,50)/p+1. The molecule has 2 aliphatic rings. The molecule has 3 unspecified atom stereocenters. The summed E-state index contributed by atoms with van der Waals surface area (Å²) in [5.41, 5.74) is 1.10. The summed E-state index contributed by atoms with van der Waals surface area (Å²) in [7, 11) is -4.50. The molecule has 292 valence electrons. The summed E-state index contributed by atoms with van der Waals surface area (Å²) in [6, 6.07) is 9.14. The Balaban J connectivity index is 1.52. The number of hydrogen-bond donors (Lipinski definition) is 5. The number of carboxylic acid groups (broad SMARTS) is 2. The van der Waals surface area contributed by atoms with E-state index in [0.29, 0.717) is 67.8 Å². The summed E-state index contributed by atoms with van der Waals surface area (Å²) in [5, 5.41) is 30.7. The highest BCUT2D eigenvalue weighted by atomic mass is 32.2.